The first kappa shape index (κ1) is 25.8. The number of sulfonamides is 1. The summed E-state index contributed by atoms with van der Waals surface area (Å²) in [6, 6.07) is 23.6. The van der Waals surface area contributed by atoms with Crippen LogP contribution in [-0.2, 0) is 21.4 Å². The number of anilines is 2. The standard InChI is InChI=1S/C27H22ClN5O3S2/c1-16-13-19(28)14-21-24(31-32-27(37)30-22-11-4-5-12-23(22)38(29,35)36)26(34)33(25(16)21)15-18-9-6-8-17-7-2-3-10-20(17)18/h2-14H,15H2,1H3,(H2,29,35,36)(H2,30,32,37). The average molecular weight is 564 g/mol. The molecule has 192 valence electrons. The van der Waals surface area contributed by atoms with E-state index in [0.29, 0.717) is 22.8 Å². The number of nitrogens with one attached hydrogen (secondary N) is 2. The van der Waals surface area contributed by atoms with Crippen LogP contribution in [0, 0.1) is 6.92 Å². The van der Waals surface area contributed by atoms with Crippen LogP contribution in [0.15, 0.2) is 88.9 Å². The van der Waals surface area contributed by atoms with Crippen LogP contribution in [0.3, 0.4) is 0 Å². The van der Waals surface area contributed by atoms with Crippen molar-refractivity contribution in [2.24, 2.45) is 10.2 Å². The third-order valence-electron chi connectivity index (χ3n) is 6.16. The van der Waals surface area contributed by atoms with Gasteiger partial charge in [-0.2, -0.15) is 5.10 Å². The summed E-state index contributed by atoms with van der Waals surface area (Å²) < 4.78 is 23.8. The van der Waals surface area contributed by atoms with E-state index < -0.39 is 10.0 Å². The fourth-order valence-corrected chi connectivity index (χ4v) is 5.68. The predicted molar refractivity (Wildman–Crippen MR) is 155 cm³/mol. The number of hydrazone groups is 1. The number of hydrogen-bond donors (Lipinski definition) is 3. The fraction of sp³-hybridized carbons (Fsp3) is 0.0741. The van der Waals surface area contributed by atoms with Gasteiger partial charge in [0.05, 0.1) is 17.9 Å². The minimum atomic E-state index is -3.98. The van der Waals surface area contributed by atoms with Crippen LogP contribution < -0.4 is 20.8 Å². The number of nitrogens with two attached hydrogens (primary N) is 1. The van der Waals surface area contributed by atoms with Crippen molar-refractivity contribution in [3.05, 3.63) is 101 Å². The Morgan fingerprint density at radius 2 is 1.76 bits per heavy atom. The van der Waals surface area contributed by atoms with Gasteiger partial charge in [-0.05, 0) is 65.3 Å². The molecule has 0 fully saturated rings. The largest absolute Gasteiger partial charge is 0.330 e. The minimum absolute atomic E-state index is 0.0193. The van der Waals surface area contributed by atoms with Crippen LogP contribution in [0.2, 0.25) is 5.02 Å². The van der Waals surface area contributed by atoms with Crippen LogP contribution in [0.1, 0.15) is 16.7 Å². The van der Waals surface area contributed by atoms with Crippen molar-refractivity contribution < 1.29 is 13.2 Å². The zero-order valence-corrected chi connectivity index (χ0v) is 22.5. The molecule has 1 heterocycles. The molecule has 0 bridgehead atoms. The molecule has 0 atom stereocenters. The zero-order valence-electron chi connectivity index (χ0n) is 20.1. The van der Waals surface area contributed by atoms with E-state index in [4.69, 9.17) is 29.0 Å². The van der Waals surface area contributed by atoms with Crippen LogP contribution in [0.4, 0.5) is 11.4 Å². The van der Waals surface area contributed by atoms with Gasteiger partial charge >= 0.3 is 0 Å². The number of nitrogens with zero attached hydrogens (tertiary/aromatic N) is 2. The molecule has 1 aliphatic rings. The van der Waals surface area contributed by atoms with Crippen molar-refractivity contribution >= 4 is 72.7 Å². The van der Waals surface area contributed by atoms with Gasteiger partial charge in [0.15, 0.2) is 10.8 Å². The van der Waals surface area contributed by atoms with Crippen LogP contribution in [-0.4, -0.2) is 25.1 Å². The highest BCUT2D eigenvalue weighted by atomic mass is 35.5. The molecule has 4 N–H and O–H groups in total. The van der Waals surface area contributed by atoms with E-state index in [0.717, 1.165) is 21.9 Å². The van der Waals surface area contributed by atoms with Crippen LogP contribution in [0.5, 0.6) is 0 Å². The van der Waals surface area contributed by atoms with Gasteiger partial charge in [0.25, 0.3) is 5.91 Å². The predicted octanol–water partition coefficient (Wildman–Crippen LogP) is 4.69. The van der Waals surface area contributed by atoms with Crippen molar-refractivity contribution in [2.75, 3.05) is 10.2 Å². The molecule has 38 heavy (non-hydrogen) atoms. The number of carbonyl (C=O) groups is 1. The van der Waals surface area contributed by atoms with Crippen LogP contribution in [0.25, 0.3) is 10.8 Å². The van der Waals surface area contributed by atoms with E-state index in [1.54, 1.807) is 29.2 Å². The van der Waals surface area contributed by atoms with Crippen molar-refractivity contribution in [1.82, 2.24) is 5.43 Å². The Kier molecular flexibility index (Phi) is 6.89. The van der Waals surface area contributed by atoms with Crippen molar-refractivity contribution in [3.63, 3.8) is 0 Å². The summed E-state index contributed by atoms with van der Waals surface area (Å²) in [4.78, 5) is 15.2. The summed E-state index contributed by atoms with van der Waals surface area (Å²) in [5.74, 6) is -0.321. The molecule has 1 amide bonds. The second-order valence-corrected chi connectivity index (χ2v) is 11.1. The Hall–Kier alpha value is -3.83. The molecule has 0 saturated carbocycles. The molecule has 0 aromatic heterocycles. The van der Waals surface area contributed by atoms with E-state index in [9.17, 15) is 13.2 Å². The molecule has 0 unspecified atom stereocenters. The molecular formula is C27H22ClN5O3S2. The van der Waals surface area contributed by atoms with E-state index in [1.807, 2.05) is 49.4 Å². The Bertz CT molecular complexity index is 1750. The third-order valence-corrected chi connectivity index (χ3v) is 7.54. The van der Waals surface area contributed by atoms with Crippen molar-refractivity contribution in [1.29, 1.82) is 0 Å². The highest BCUT2D eigenvalue weighted by Gasteiger charge is 2.36. The number of carbonyl (C=O) groups excluding carboxylic acids is 1. The number of benzene rings is 4. The molecule has 1 aliphatic heterocycles. The highest BCUT2D eigenvalue weighted by molar-refractivity contribution is 7.89. The van der Waals surface area contributed by atoms with Gasteiger partial charge in [-0.25, -0.2) is 13.6 Å². The number of hydrogen-bond acceptors (Lipinski definition) is 5. The molecule has 4 aromatic carbocycles. The lowest BCUT2D eigenvalue weighted by Gasteiger charge is -2.20. The Labute approximate surface area is 230 Å². The summed E-state index contributed by atoms with van der Waals surface area (Å²) in [7, 11) is -3.98. The van der Waals surface area contributed by atoms with Gasteiger partial charge in [-0.15, -0.1) is 0 Å². The van der Waals surface area contributed by atoms with Crippen LogP contribution >= 0.6 is 23.8 Å². The van der Waals surface area contributed by atoms with Gasteiger partial charge in [-0.3, -0.25) is 10.2 Å². The average Bonchev–Trinajstić information content (AvgIpc) is 3.13. The second-order valence-electron chi connectivity index (χ2n) is 8.72. The first-order valence-corrected chi connectivity index (χ1v) is 13.8. The SMILES string of the molecule is Cc1cc(Cl)cc2c1N(Cc1cccc3ccccc13)C(=O)C2=NNC(=S)Nc1ccccc1S(N)(=O)=O. The summed E-state index contributed by atoms with van der Waals surface area (Å²) in [6.45, 7) is 2.22. The number of amides is 1. The summed E-state index contributed by atoms with van der Waals surface area (Å²) in [6.07, 6.45) is 0. The monoisotopic (exact) mass is 563 g/mol. The van der Waals surface area contributed by atoms with E-state index >= 15 is 0 Å². The number of thiocarbonyl (C=S) groups is 1. The first-order valence-electron chi connectivity index (χ1n) is 11.5. The summed E-state index contributed by atoms with van der Waals surface area (Å²) in [5.41, 5.74) is 6.08. The van der Waals surface area contributed by atoms with Gasteiger partial charge in [-0.1, -0.05) is 66.2 Å². The lowest BCUT2D eigenvalue weighted by Crippen LogP contribution is -2.32. The van der Waals surface area contributed by atoms with Gasteiger partial charge in [0.2, 0.25) is 10.0 Å². The maximum absolute atomic E-state index is 13.7. The first-order chi connectivity index (χ1) is 18.1. The molecule has 0 aliphatic carbocycles. The quantitative estimate of drug-likeness (QED) is 0.240. The van der Waals surface area contributed by atoms with Gasteiger partial charge in [0, 0.05) is 10.6 Å². The normalized spacial score (nSPS) is 14.1. The number of rotatable bonds is 5. The van der Waals surface area contributed by atoms with Crippen molar-refractivity contribution in [2.45, 2.75) is 18.4 Å². The molecule has 0 radical (unpaired) electrons. The topological polar surface area (TPSA) is 117 Å². The van der Waals surface area contributed by atoms with Gasteiger partial charge in [0.1, 0.15) is 4.90 Å². The maximum atomic E-state index is 13.7. The molecule has 0 spiro atoms. The number of aryl methyl sites for hydroxylation is 1. The zero-order chi connectivity index (χ0) is 27.0. The second kappa shape index (κ2) is 10.1. The molecule has 11 heteroatoms. The lowest BCUT2D eigenvalue weighted by molar-refractivity contribution is -0.112. The molecule has 0 saturated heterocycles. The number of halogens is 1. The Balaban J connectivity index is 1.47. The fourth-order valence-electron chi connectivity index (χ4n) is 4.55. The Morgan fingerprint density at radius 1 is 1.05 bits per heavy atom. The summed E-state index contributed by atoms with van der Waals surface area (Å²) in [5, 5.41) is 15.0. The molecular weight excluding hydrogens is 542 g/mol. The van der Waals surface area contributed by atoms with E-state index in [2.05, 4.69) is 15.8 Å². The Morgan fingerprint density at radius 3 is 2.55 bits per heavy atom. The minimum Gasteiger partial charge on any atom is -0.330 e. The smallest absolute Gasteiger partial charge is 0.279 e. The molecule has 5 rings (SSSR count). The van der Waals surface area contributed by atoms with Gasteiger partial charge < -0.3 is 10.2 Å². The molecule has 8 nitrogen and oxygen atoms in total. The maximum Gasteiger partial charge on any atom is 0.279 e. The lowest BCUT2D eigenvalue weighted by atomic mass is 10.0. The number of fused-ring (bicyclic) bond motifs is 2. The summed E-state index contributed by atoms with van der Waals surface area (Å²) >= 11 is 11.7. The van der Waals surface area contributed by atoms with E-state index in [1.165, 1.54) is 12.1 Å². The number of para-hydroxylation sites is 1. The van der Waals surface area contributed by atoms with E-state index in [-0.39, 0.29) is 27.3 Å². The highest BCUT2D eigenvalue weighted by Crippen LogP contribution is 2.37. The number of primary sulfonamides is 1. The van der Waals surface area contributed by atoms with Crippen molar-refractivity contribution in [3.8, 4) is 0 Å². The third kappa shape index (κ3) is 4.99. The molecule has 4 aromatic rings.